The highest BCUT2D eigenvalue weighted by atomic mass is 15.2. The number of nitrogens with one attached hydrogen (secondary N) is 1. The summed E-state index contributed by atoms with van der Waals surface area (Å²) in [5.41, 5.74) is 4.38. The molecule has 0 aliphatic carbocycles. The average Bonchev–Trinajstić information content (AvgIpc) is 2.46. The van der Waals surface area contributed by atoms with Crippen LogP contribution in [0.1, 0.15) is 51.2 Å². The third-order valence-electron chi connectivity index (χ3n) is 4.56. The molecule has 0 radical (unpaired) electrons. The van der Waals surface area contributed by atoms with Crippen molar-refractivity contribution in [3.8, 4) is 0 Å². The fourth-order valence-corrected chi connectivity index (χ4v) is 3.38. The predicted molar refractivity (Wildman–Crippen MR) is 88.7 cm³/mol. The fraction of sp³-hybridized carbons (Fsp3) is 0.667. The van der Waals surface area contributed by atoms with Crippen LogP contribution in [0.3, 0.4) is 0 Å². The van der Waals surface area contributed by atoms with Gasteiger partial charge in [-0.25, -0.2) is 0 Å². The number of fused-ring (bicyclic) bond motifs is 1. The number of rotatable bonds is 6. The van der Waals surface area contributed by atoms with Crippen molar-refractivity contribution in [3.05, 3.63) is 29.3 Å². The molecule has 0 spiro atoms. The SMILES string of the molecule is CCCNC(CC)C(C)N1CCCc2cc(C)ccc21. The van der Waals surface area contributed by atoms with E-state index in [-0.39, 0.29) is 0 Å². The van der Waals surface area contributed by atoms with Gasteiger partial charge >= 0.3 is 0 Å². The second-order valence-corrected chi connectivity index (χ2v) is 6.14. The molecule has 2 unspecified atom stereocenters. The van der Waals surface area contributed by atoms with E-state index in [1.807, 2.05) is 0 Å². The highest BCUT2D eigenvalue weighted by molar-refractivity contribution is 5.57. The minimum absolute atomic E-state index is 0.563. The molecule has 1 aromatic carbocycles. The van der Waals surface area contributed by atoms with E-state index in [0.717, 1.165) is 6.54 Å². The molecule has 0 fully saturated rings. The van der Waals surface area contributed by atoms with E-state index in [4.69, 9.17) is 0 Å². The quantitative estimate of drug-likeness (QED) is 0.846. The lowest BCUT2D eigenvalue weighted by molar-refractivity contribution is 0.409. The van der Waals surface area contributed by atoms with Gasteiger partial charge in [0.25, 0.3) is 0 Å². The first-order valence-corrected chi connectivity index (χ1v) is 8.26. The van der Waals surface area contributed by atoms with Crippen LogP contribution in [0.15, 0.2) is 18.2 Å². The maximum atomic E-state index is 3.72. The fourth-order valence-electron chi connectivity index (χ4n) is 3.38. The van der Waals surface area contributed by atoms with E-state index in [1.165, 1.54) is 49.0 Å². The van der Waals surface area contributed by atoms with Crippen LogP contribution in [0.25, 0.3) is 0 Å². The molecule has 2 rings (SSSR count). The molecule has 2 heteroatoms. The molecule has 20 heavy (non-hydrogen) atoms. The van der Waals surface area contributed by atoms with Crippen LogP contribution in [0.2, 0.25) is 0 Å². The Hall–Kier alpha value is -1.02. The molecule has 1 aliphatic rings. The van der Waals surface area contributed by atoms with Crippen LogP contribution in [-0.4, -0.2) is 25.2 Å². The van der Waals surface area contributed by atoms with Crippen molar-refractivity contribution in [1.29, 1.82) is 0 Å². The van der Waals surface area contributed by atoms with Gasteiger partial charge in [-0.2, -0.15) is 0 Å². The van der Waals surface area contributed by atoms with Gasteiger partial charge in [-0.3, -0.25) is 0 Å². The highest BCUT2D eigenvalue weighted by Crippen LogP contribution is 2.30. The molecule has 1 heterocycles. The molecule has 0 bridgehead atoms. The van der Waals surface area contributed by atoms with Gasteiger partial charge in [0.1, 0.15) is 0 Å². The van der Waals surface area contributed by atoms with Gasteiger partial charge in [-0.1, -0.05) is 31.5 Å². The monoisotopic (exact) mass is 274 g/mol. The number of anilines is 1. The second-order valence-electron chi connectivity index (χ2n) is 6.14. The van der Waals surface area contributed by atoms with Crippen LogP contribution in [-0.2, 0) is 6.42 Å². The Morgan fingerprint density at radius 1 is 1.30 bits per heavy atom. The van der Waals surface area contributed by atoms with E-state index in [1.54, 1.807) is 0 Å². The summed E-state index contributed by atoms with van der Waals surface area (Å²) in [7, 11) is 0. The van der Waals surface area contributed by atoms with E-state index in [0.29, 0.717) is 12.1 Å². The lowest BCUT2D eigenvalue weighted by atomic mass is 9.96. The lowest BCUT2D eigenvalue weighted by Gasteiger charge is -2.40. The van der Waals surface area contributed by atoms with E-state index in [2.05, 4.69) is 56.1 Å². The largest absolute Gasteiger partial charge is 0.367 e. The smallest absolute Gasteiger partial charge is 0.0414 e. The Balaban J connectivity index is 2.16. The Morgan fingerprint density at radius 3 is 2.80 bits per heavy atom. The summed E-state index contributed by atoms with van der Waals surface area (Å²) in [5, 5.41) is 3.72. The van der Waals surface area contributed by atoms with E-state index >= 15 is 0 Å². The minimum atomic E-state index is 0.563. The average molecular weight is 274 g/mol. The van der Waals surface area contributed by atoms with Crippen molar-refractivity contribution in [2.24, 2.45) is 0 Å². The number of benzene rings is 1. The van der Waals surface area contributed by atoms with Gasteiger partial charge in [-0.15, -0.1) is 0 Å². The minimum Gasteiger partial charge on any atom is -0.367 e. The molecule has 1 N–H and O–H groups in total. The van der Waals surface area contributed by atoms with Crippen LogP contribution in [0.4, 0.5) is 5.69 Å². The summed E-state index contributed by atoms with van der Waals surface area (Å²) in [4.78, 5) is 2.62. The zero-order valence-electron chi connectivity index (χ0n) is 13.6. The number of aryl methyl sites for hydroxylation is 2. The summed E-state index contributed by atoms with van der Waals surface area (Å²) < 4.78 is 0. The number of hydrogen-bond donors (Lipinski definition) is 1. The molecule has 1 aliphatic heterocycles. The summed E-state index contributed by atoms with van der Waals surface area (Å²) in [6, 6.07) is 8.10. The van der Waals surface area contributed by atoms with Crippen LogP contribution < -0.4 is 10.2 Å². The molecule has 0 saturated carbocycles. The van der Waals surface area contributed by atoms with Crippen LogP contribution in [0.5, 0.6) is 0 Å². The Morgan fingerprint density at radius 2 is 2.10 bits per heavy atom. The Bertz CT molecular complexity index is 427. The third-order valence-corrected chi connectivity index (χ3v) is 4.56. The van der Waals surface area contributed by atoms with Gasteiger partial charge < -0.3 is 10.2 Å². The van der Waals surface area contributed by atoms with Gasteiger partial charge in [0, 0.05) is 24.3 Å². The van der Waals surface area contributed by atoms with Crippen LogP contribution in [0, 0.1) is 6.92 Å². The third kappa shape index (κ3) is 3.35. The molecule has 2 atom stereocenters. The van der Waals surface area contributed by atoms with Gasteiger partial charge in [0.15, 0.2) is 0 Å². The van der Waals surface area contributed by atoms with E-state index in [9.17, 15) is 0 Å². The van der Waals surface area contributed by atoms with Gasteiger partial charge in [-0.05, 0) is 57.7 Å². The Kier molecular flexibility index (Phi) is 5.47. The first kappa shape index (κ1) is 15.4. The second kappa shape index (κ2) is 7.12. The first-order chi connectivity index (χ1) is 9.67. The molecule has 2 nitrogen and oxygen atoms in total. The van der Waals surface area contributed by atoms with Crippen molar-refractivity contribution in [2.45, 2.75) is 65.5 Å². The van der Waals surface area contributed by atoms with Crippen LogP contribution >= 0.6 is 0 Å². The van der Waals surface area contributed by atoms with Crippen molar-refractivity contribution in [3.63, 3.8) is 0 Å². The molecule has 112 valence electrons. The summed E-state index contributed by atoms with van der Waals surface area (Å²) in [6.07, 6.45) is 4.92. The maximum absolute atomic E-state index is 3.72. The number of nitrogens with zero attached hydrogens (tertiary/aromatic N) is 1. The summed E-state index contributed by atoms with van der Waals surface area (Å²) in [6.45, 7) is 11.4. The normalized spacial score (nSPS) is 17.7. The predicted octanol–water partition coefficient (Wildman–Crippen LogP) is 3.91. The Labute approximate surface area is 124 Å². The zero-order chi connectivity index (χ0) is 14.5. The van der Waals surface area contributed by atoms with Gasteiger partial charge in [0.2, 0.25) is 0 Å². The van der Waals surface area contributed by atoms with Crippen molar-refractivity contribution < 1.29 is 0 Å². The standard InChI is InChI=1S/C18H30N2/c1-5-11-19-17(6-2)15(4)20-12-7-8-16-13-14(3)9-10-18(16)20/h9-10,13,15,17,19H,5-8,11-12H2,1-4H3. The van der Waals surface area contributed by atoms with E-state index < -0.39 is 0 Å². The van der Waals surface area contributed by atoms with Crippen molar-refractivity contribution in [1.82, 2.24) is 5.32 Å². The molecule has 1 aromatic rings. The summed E-state index contributed by atoms with van der Waals surface area (Å²) >= 11 is 0. The molecular weight excluding hydrogens is 244 g/mol. The molecule has 0 amide bonds. The van der Waals surface area contributed by atoms with Crippen molar-refractivity contribution >= 4 is 5.69 Å². The number of hydrogen-bond acceptors (Lipinski definition) is 2. The van der Waals surface area contributed by atoms with Gasteiger partial charge in [0.05, 0.1) is 0 Å². The summed E-state index contributed by atoms with van der Waals surface area (Å²) in [5.74, 6) is 0. The molecular formula is C18H30N2. The highest BCUT2D eigenvalue weighted by Gasteiger charge is 2.26. The maximum Gasteiger partial charge on any atom is 0.0414 e. The topological polar surface area (TPSA) is 15.3 Å². The molecule has 0 saturated heterocycles. The van der Waals surface area contributed by atoms with Crippen molar-refractivity contribution in [2.75, 3.05) is 18.0 Å². The molecule has 0 aromatic heterocycles. The lowest BCUT2D eigenvalue weighted by Crippen LogP contribution is -2.50. The first-order valence-electron chi connectivity index (χ1n) is 8.26. The zero-order valence-corrected chi connectivity index (χ0v) is 13.6.